The lowest BCUT2D eigenvalue weighted by molar-refractivity contribution is 0.0696. The second-order valence-corrected chi connectivity index (χ2v) is 4.53. The molecular weight excluding hydrogens is 264 g/mol. The van der Waals surface area contributed by atoms with Gasteiger partial charge in [0.25, 0.3) is 0 Å². The molecule has 0 saturated carbocycles. The number of H-pyrrole nitrogens is 1. The molecule has 2 heterocycles. The number of benzene rings is 1. The summed E-state index contributed by atoms with van der Waals surface area (Å²) in [5, 5.41) is 10.5. The molecule has 4 nitrogen and oxygen atoms in total. The molecule has 2 aromatic heterocycles. The molecule has 94 valence electrons. The van der Waals surface area contributed by atoms with Gasteiger partial charge < -0.3 is 10.1 Å². The SMILES string of the molecule is O=C(O)c1ccc(-c2cc3cccc(Cl)c3[nH]2)nc1. The highest BCUT2D eigenvalue weighted by molar-refractivity contribution is 6.35. The van der Waals surface area contributed by atoms with E-state index in [1.807, 2.05) is 24.3 Å². The van der Waals surface area contributed by atoms with Crippen molar-refractivity contribution < 1.29 is 9.90 Å². The molecule has 3 aromatic rings. The first kappa shape index (κ1) is 11.7. The summed E-state index contributed by atoms with van der Waals surface area (Å²) < 4.78 is 0. The van der Waals surface area contributed by atoms with Crippen LogP contribution in [0, 0.1) is 0 Å². The van der Waals surface area contributed by atoms with E-state index in [1.54, 1.807) is 6.07 Å². The molecule has 3 rings (SSSR count). The number of rotatable bonds is 2. The van der Waals surface area contributed by atoms with Gasteiger partial charge in [-0.25, -0.2) is 4.79 Å². The van der Waals surface area contributed by atoms with Gasteiger partial charge in [0, 0.05) is 11.6 Å². The van der Waals surface area contributed by atoms with Gasteiger partial charge in [-0.2, -0.15) is 0 Å². The van der Waals surface area contributed by atoms with Gasteiger partial charge in [0.2, 0.25) is 0 Å². The number of halogens is 1. The van der Waals surface area contributed by atoms with Crippen molar-refractivity contribution in [1.82, 2.24) is 9.97 Å². The Hall–Kier alpha value is -2.33. The highest BCUT2D eigenvalue weighted by atomic mass is 35.5. The summed E-state index contributed by atoms with van der Waals surface area (Å²) in [7, 11) is 0. The Balaban J connectivity index is 2.09. The van der Waals surface area contributed by atoms with E-state index in [4.69, 9.17) is 16.7 Å². The molecule has 5 heteroatoms. The maximum atomic E-state index is 10.8. The normalized spacial score (nSPS) is 10.8. The van der Waals surface area contributed by atoms with Crippen LogP contribution in [0.2, 0.25) is 5.02 Å². The molecule has 0 aliphatic rings. The molecule has 1 aromatic carbocycles. The fourth-order valence-electron chi connectivity index (χ4n) is 1.94. The Bertz CT molecular complexity index is 763. The summed E-state index contributed by atoms with van der Waals surface area (Å²) in [4.78, 5) is 18.1. The minimum atomic E-state index is -0.987. The first-order valence-electron chi connectivity index (χ1n) is 5.62. The molecule has 0 radical (unpaired) electrons. The van der Waals surface area contributed by atoms with E-state index in [1.165, 1.54) is 12.3 Å². The Morgan fingerprint density at radius 3 is 2.74 bits per heavy atom. The minimum absolute atomic E-state index is 0.165. The van der Waals surface area contributed by atoms with Gasteiger partial charge in [-0.3, -0.25) is 4.98 Å². The summed E-state index contributed by atoms with van der Waals surface area (Å²) in [6, 6.07) is 10.8. The number of aromatic carboxylic acids is 1. The highest BCUT2D eigenvalue weighted by Crippen LogP contribution is 2.27. The maximum absolute atomic E-state index is 10.8. The summed E-state index contributed by atoms with van der Waals surface area (Å²) >= 11 is 6.10. The smallest absolute Gasteiger partial charge is 0.337 e. The predicted molar refractivity (Wildman–Crippen MR) is 73.5 cm³/mol. The molecule has 2 N–H and O–H groups in total. The molecule has 0 saturated heterocycles. The van der Waals surface area contributed by atoms with E-state index in [0.29, 0.717) is 10.7 Å². The highest BCUT2D eigenvalue weighted by Gasteiger charge is 2.08. The summed E-state index contributed by atoms with van der Waals surface area (Å²) in [5.74, 6) is -0.987. The van der Waals surface area contributed by atoms with Crippen LogP contribution in [0.1, 0.15) is 10.4 Å². The minimum Gasteiger partial charge on any atom is -0.478 e. The van der Waals surface area contributed by atoms with E-state index in [0.717, 1.165) is 16.6 Å². The third-order valence-corrected chi connectivity index (χ3v) is 3.21. The second kappa shape index (κ2) is 4.40. The van der Waals surface area contributed by atoms with Gasteiger partial charge in [-0.05, 0) is 24.3 Å². The number of hydrogen-bond donors (Lipinski definition) is 2. The van der Waals surface area contributed by atoms with Crippen molar-refractivity contribution in [2.75, 3.05) is 0 Å². The Morgan fingerprint density at radius 2 is 2.11 bits per heavy atom. The molecule has 0 unspecified atom stereocenters. The number of pyridine rings is 1. The van der Waals surface area contributed by atoms with Crippen LogP contribution in [0.15, 0.2) is 42.6 Å². The number of carboxylic acid groups (broad SMARTS) is 1. The number of para-hydroxylation sites is 1. The van der Waals surface area contributed by atoms with Gasteiger partial charge in [-0.15, -0.1) is 0 Å². The Morgan fingerprint density at radius 1 is 1.26 bits per heavy atom. The van der Waals surface area contributed by atoms with E-state index >= 15 is 0 Å². The first-order valence-corrected chi connectivity index (χ1v) is 6.00. The van der Waals surface area contributed by atoms with Crippen molar-refractivity contribution in [1.29, 1.82) is 0 Å². The van der Waals surface area contributed by atoms with Crippen LogP contribution < -0.4 is 0 Å². The number of nitrogens with zero attached hydrogens (tertiary/aromatic N) is 1. The molecule has 0 aliphatic heterocycles. The van der Waals surface area contributed by atoms with E-state index in [9.17, 15) is 4.79 Å². The van der Waals surface area contributed by atoms with Gasteiger partial charge in [0.1, 0.15) is 0 Å². The number of carboxylic acids is 1. The first-order chi connectivity index (χ1) is 9.15. The quantitative estimate of drug-likeness (QED) is 0.749. The van der Waals surface area contributed by atoms with E-state index in [2.05, 4.69) is 9.97 Å². The maximum Gasteiger partial charge on any atom is 0.337 e. The standard InChI is InChI=1S/C14H9ClN2O2/c15-10-3-1-2-8-6-12(17-13(8)10)11-5-4-9(7-16-11)14(18)19/h1-7,17H,(H,18,19). The topological polar surface area (TPSA) is 66.0 Å². The van der Waals surface area contributed by atoms with Crippen molar-refractivity contribution in [2.45, 2.75) is 0 Å². The molecule has 0 aliphatic carbocycles. The van der Waals surface area contributed by atoms with Crippen LogP contribution >= 0.6 is 11.6 Å². The summed E-state index contributed by atoms with van der Waals surface area (Å²) in [6.07, 6.45) is 1.34. The molecule has 0 bridgehead atoms. The fraction of sp³-hybridized carbons (Fsp3) is 0. The molecule has 19 heavy (non-hydrogen) atoms. The number of nitrogens with one attached hydrogen (secondary N) is 1. The molecule has 0 atom stereocenters. The summed E-state index contributed by atoms with van der Waals surface area (Å²) in [6.45, 7) is 0. The third-order valence-electron chi connectivity index (χ3n) is 2.89. The molecule has 0 amide bonds. The van der Waals surface area contributed by atoms with Crippen LogP contribution in [-0.4, -0.2) is 21.0 Å². The number of aromatic amines is 1. The van der Waals surface area contributed by atoms with Crippen molar-refractivity contribution in [3.8, 4) is 11.4 Å². The average molecular weight is 273 g/mol. The van der Waals surface area contributed by atoms with Crippen LogP contribution in [-0.2, 0) is 0 Å². The van der Waals surface area contributed by atoms with E-state index in [-0.39, 0.29) is 5.56 Å². The van der Waals surface area contributed by atoms with Crippen molar-refractivity contribution in [3.05, 3.63) is 53.2 Å². The monoisotopic (exact) mass is 272 g/mol. The van der Waals surface area contributed by atoms with Crippen molar-refractivity contribution in [2.24, 2.45) is 0 Å². The van der Waals surface area contributed by atoms with Gasteiger partial charge in [0.05, 0.1) is 27.5 Å². The largest absolute Gasteiger partial charge is 0.478 e. The lowest BCUT2D eigenvalue weighted by Crippen LogP contribution is -1.97. The molecule has 0 fully saturated rings. The van der Waals surface area contributed by atoms with Gasteiger partial charge >= 0.3 is 5.97 Å². The van der Waals surface area contributed by atoms with Crippen LogP contribution in [0.25, 0.3) is 22.3 Å². The number of hydrogen-bond acceptors (Lipinski definition) is 2. The van der Waals surface area contributed by atoms with Gasteiger partial charge in [0.15, 0.2) is 0 Å². The fourth-order valence-corrected chi connectivity index (χ4v) is 2.17. The van der Waals surface area contributed by atoms with Crippen molar-refractivity contribution in [3.63, 3.8) is 0 Å². The average Bonchev–Trinajstić information content (AvgIpc) is 2.84. The Kier molecular flexibility index (Phi) is 2.72. The van der Waals surface area contributed by atoms with Gasteiger partial charge in [-0.1, -0.05) is 23.7 Å². The second-order valence-electron chi connectivity index (χ2n) is 4.12. The summed E-state index contributed by atoms with van der Waals surface area (Å²) in [5.41, 5.74) is 2.50. The van der Waals surface area contributed by atoms with Crippen LogP contribution in [0.5, 0.6) is 0 Å². The predicted octanol–water partition coefficient (Wildman–Crippen LogP) is 3.58. The lowest BCUT2D eigenvalue weighted by atomic mass is 10.2. The zero-order valence-corrected chi connectivity index (χ0v) is 10.5. The third kappa shape index (κ3) is 2.06. The number of carbonyl (C=O) groups is 1. The van der Waals surface area contributed by atoms with Crippen molar-refractivity contribution >= 4 is 28.5 Å². The number of aromatic nitrogens is 2. The molecular formula is C14H9ClN2O2. The lowest BCUT2D eigenvalue weighted by Gasteiger charge is -1.98. The van der Waals surface area contributed by atoms with Crippen LogP contribution in [0.3, 0.4) is 0 Å². The zero-order chi connectivity index (χ0) is 13.4. The zero-order valence-electron chi connectivity index (χ0n) is 9.72. The Labute approximate surface area is 113 Å². The van der Waals surface area contributed by atoms with Crippen LogP contribution in [0.4, 0.5) is 0 Å². The van der Waals surface area contributed by atoms with E-state index < -0.39 is 5.97 Å². The molecule has 0 spiro atoms. The number of fused-ring (bicyclic) bond motifs is 1.